The van der Waals surface area contributed by atoms with Crippen molar-refractivity contribution in [3.05, 3.63) is 0 Å². The molecule has 2 aliphatic rings. The fraction of sp³-hybridized carbons (Fsp3) is 1.00. The first-order valence-corrected chi connectivity index (χ1v) is 7.19. The van der Waals surface area contributed by atoms with E-state index in [1.54, 1.807) is 0 Å². The molecule has 2 aliphatic heterocycles. The second-order valence-electron chi connectivity index (χ2n) is 5.99. The molecule has 17 heavy (non-hydrogen) atoms. The molecule has 0 aliphatic carbocycles. The number of rotatable bonds is 5. The van der Waals surface area contributed by atoms with Gasteiger partial charge in [0, 0.05) is 25.1 Å². The van der Waals surface area contributed by atoms with Crippen molar-refractivity contribution in [3.63, 3.8) is 0 Å². The predicted octanol–water partition coefficient (Wildman–Crippen LogP) is 1.90. The lowest BCUT2D eigenvalue weighted by molar-refractivity contribution is -0.0529. The molecule has 3 nitrogen and oxygen atoms in total. The first-order valence-electron chi connectivity index (χ1n) is 7.19. The van der Waals surface area contributed by atoms with Crippen LogP contribution in [0.15, 0.2) is 0 Å². The first-order chi connectivity index (χ1) is 8.28. The molecule has 0 radical (unpaired) electrons. The third-order valence-corrected chi connectivity index (χ3v) is 4.37. The van der Waals surface area contributed by atoms with Gasteiger partial charge in [0.25, 0.3) is 0 Å². The molecule has 3 heteroatoms. The van der Waals surface area contributed by atoms with Crippen LogP contribution in [0.5, 0.6) is 0 Å². The van der Waals surface area contributed by atoms with Crippen molar-refractivity contribution in [1.29, 1.82) is 0 Å². The third-order valence-electron chi connectivity index (χ3n) is 4.37. The van der Waals surface area contributed by atoms with Gasteiger partial charge in [0.1, 0.15) is 0 Å². The van der Waals surface area contributed by atoms with Crippen molar-refractivity contribution < 1.29 is 9.84 Å². The quantitative estimate of drug-likeness (QED) is 0.798. The zero-order valence-electron chi connectivity index (χ0n) is 11.2. The summed E-state index contributed by atoms with van der Waals surface area (Å²) in [6, 6.07) is 0. The van der Waals surface area contributed by atoms with E-state index >= 15 is 0 Å². The molecule has 2 heterocycles. The Labute approximate surface area is 105 Å². The maximum absolute atomic E-state index is 9.66. The van der Waals surface area contributed by atoms with Gasteiger partial charge in [-0.3, -0.25) is 0 Å². The van der Waals surface area contributed by atoms with E-state index in [0.29, 0.717) is 0 Å². The van der Waals surface area contributed by atoms with Crippen LogP contribution in [0.4, 0.5) is 0 Å². The summed E-state index contributed by atoms with van der Waals surface area (Å²) < 4.78 is 5.57. The van der Waals surface area contributed by atoms with E-state index in [0.717, 1.165) is 38.5 Å². The highest BCUT2D eigenvalue weighted by atomic mass is 16.5. The van der Waals surface area contributed by atoms with Crippen molar-refractivity contribution in [2.24, 2.45) is 11.3 Å². The number of aliphatic hydroxyl groups excluding tert-OH is 1. The Balaban J connectivity index is 1.83. The highest BCUT2D eigenvalue weighted by Gasteiger charge is 2.36. The summed E-state index contributed by atoms with van der Waals surface area (Å²) in [6.45, 7) is 7.65. The van der Waals surface area contributed by atoms with Gasteiger partial charge in [-0.1, -0.05) is 13.3 Å². The standard InChI is InChI=1S/C14H27NO2/c1-2-4-13-5-7-15(9-13)10-14(11-16)6-3-8-17-12-14/h13,16H,2-12H2,1H3. The average Bonchev–Trinajstić information content (AvgIpc) is 2.78. The van der Waals surface area contributed by atoms with Gasteiger partial charge in [-0.2, -0.15) is 0 Å². The van der Waals surface area contributed by atoms with Gasteiger partial charge in [0.2, 0.25) is 0 Å². The molecule has 0 aromatic carbocycles. The number of hydrogen-bond acceptors (Lipinski definition) is 3. The molecule has 1 N–H and O–H groups in total. The van der Waals surface area contributed by atoms with E-state index in [1.807, 2.05) is 0 Å². The average molecular weight is 241 g/mol. The van der Waals surface area contributed by atoms with Gasteiger partial charge >= 0.3 is 0 Å². The van der Waals surface area contributed by atoms with Crippen LogP contribution in [0.1, 0.15) is 39.0 Å². The molecule has 2 rings (SSSR count). The zero-order chi connectivity index (χ0) is 12.1. The van der Waals surface area contributed by atoms with E-state index in [9.17, 15) is 5.11 Å². The second-order valence-corrected chi connectivity index (χ2v) is 5.99. The van der Waals surface area contributed by atoms with Gasteiger partial charge in [-0.25, -0.2) is 0 Å². The van der Waals surface area contributed by atoms with Crippen molar-refractivity contribution in [2.45, 2.75) is 39.0 Å². The van der Waals surface area contributed by atoms with Crippen LogP contribution in [0.3, 0.4) is 0 Å². The molecular weight excluding hydrogens is 214 g/mol. The van der Waals surface area contributed by atoms with E-state index in [4.69, 9.17) is 4.74 Å². The van der Waals surface area contributed by atoms with Crippen molar-refractivity contribution in [1.82, 2.24) is 4.90 Å². The number of ether oxygens (including phenoxy) is 1. The summed E-state index contributed by atoms with van der Waals surface area (Å²) in [5, 5.41) is 9.66. The Hall–Kier alpha value is -0.120. The SMILES string of the molecule is CCCC1CCN(CC2(CO)CCCOC2)C1. The van der Waals surface area contributed by atoms with Gasteiger partial charge in [-0.15, -0.1) is 0 Å². The Kier molecular flexibility index (Phi) is 4.83. The lowest BCUT2D eigenvalue weighted by Gasteiger charge is -2.38. The molecule has 2 saturated heterocycles. The van der Waals surface area contributed by atoms with Crippen molar-refractivity contribution in [2.75, 3.05) is 39.5 Å². The van der Waals surface area contributed by atoms with E-state index in [2.05, 4.69) is 11.8 Å². The normalized spacial score (nSPS) is 35.3. The fourth-order valence-corrected chi connectivity index (χ4v) is 3.38. The predicted molar refractivity (Wildman–Crippen MR) is 69.0 cm³/mol. The van der Waals surface area contributed by atoms with Gasteiger partial charge in [-0.05, 0) is 38.1 Å². The van der Waals surface area contributed by atoms with Crippen LogP contribution in [0.2, 0.25) is 0 Å². The highest BCUT2D eigenvalue weighted by molar-refractivity contribution is 4.87. The molecule has 2 fully saturated rings. The topological polar surface area (TPSA) is 32.7 Å². The first kappa shape index (κ1) is 13.3. The maximum atomic E-state index is 9.66. The number of likely N-dealkylation sites (tertiary alicyclic amines) is 1. The summed E-state index contributed by atoms with van der Waals surface area (Å²) in [5.41, 5.74) is 0.0271. The zero-order valence-corrected chi connectivity index (χ0v) is 11.2. The molecular formula is C14H27NO2. The van der Waals surface area contributed by atoms with Crippen LogP contribution >= 0.6 is 0 Å². The molecule has 0 amide bonds. The fourth-order valence-electron chi connectivity index (χ4n) is 3.38. The molecule has 0 saturated carbocycles. The second kappa shape index (κ2) is 6.17. The lowest BCUT2D eigenvalue weighted by Crippen LogP contribution is -2.45. The number of nitrogens with zero attached hydrogens (tertiary/aromatic N) is 1. The molecule has 0 aromatic heterocycles. The number of hydrogen-bond donors (Lipinski definition) is 1. The van der Waals surface area contributed by atoms with Crippen LogP contribution in [0, 0.1) is 11.3 Å². The molecule has 0 bridgehead atoms. The molecule has 2 unspecified atom stereocenters. The summed E-state index contributed by atoms with van der Waals surface area (Å²) in [7, 11) is 0. The Bertz CT molecular complexity index is 226. The largest absolute Gasteiger partial charge is 0.396 e. The minimum atomic E-state index is 0.0271. The molecule has 0 aromatic rings. The van der Waals surface area contributed by atoms with Crippen molar-refractivity contribution >= 4 is 0 Å². The van der Waals surface area contributed by atoms with Crippen molar-refractivity contribution in [3.8, 4) is 0 Å². The Morgan fingerprint density at radius 1 is 1.47 bits per heavy atom. The minimum absolute atomic E-state index is 0.0271. The monoisotopic (exact) mass is 241 g/mol. The van der Waals surface area contributed by atoms with Gasteiger partial charge in [0.05, 0.1) is 13.2 Å². The lowest BCUT2D eigenvalue weighted by atomic mass is 9.83. The van der Waals surface area contributed by atoms with E-state index in [1.165, 1.54) is 32.4 Å². The molecule has 2 atom stereocenters. The van der Waals surface area contributed by atoms with Gasteiger partial charge in [0.15, 0.2) is 0 Å². The highest BCUT2D eigenvalue weighted by Crippen LogP contribution is 2.31. The molecule has 100 valence electrons. The summed E-state index contributed by atoms with van der Waals surface area (Å²) in [5.74, 6) is 0.889. The van der Waals surface area contributed by atoms with Crippen LogP contribution in [-0.4, -0.2) is 49.5 Å². The Morgan fingerprint density at radius 2 is 2.35 bits per heavy atom. The molecule has 0 spiro atoms. The smallest absolute Gasteiger partial charge is 0.0556 e. The Morgan fingerprint density at radius 3 is 3.00 bits per heavy atom. The van der Waals surface area contributed by atoms with Gasteiger partial charge < -0.3 is 14.7 Å². The number of aliphatic hydroxyl groups is 1. The maximum Gasteiger partial charge on any atom is 0.0556 e. The third kappa shape index (κ3) is 3.43. The minimum Gasteiger partial charge on any atom is -0.396 e. The summed E-state index contributed by atoms with van der Waals surface area (Å²) >= 11 is 0. The van der Waals surface area contributed by atoms with E-state index < -0.39 is 0 Å². The summed E-state index contributed by atoms with van der Waals surface area (Å²) in [4.78, 5) is 2.55. The van der Waals surface area contributed by atoms with Crippen LogP contribution < -0.4 is 0 Å². The van der Waals surface area contributed by atoms with Crippen LogP contribution in [-0.2, 0) is 4.74 Å². The van der Waals surface area contributed by atoms with E-state index in [-0.39, 0.29) is 12.0 Å². The summed E-state index contributed by atoms with van der Waals surface area (Å²) in [6.07, 6.45) is 6.23. The van der Waals surface area contributed by atoms with Crippen LogP contribution in [0.25, 0.3) is 0 Å².